The highest BCUT2D eigenvalue weighted by Crippen LogP contribution is 2.32. The van der Waals surface area contributed by atoms with Crippen LogP contribution in [0.15, 0.2) is 52.3 Å². The first-order valence-electron chi connectivity index (χ1n) is 9.86. The van der Waals surface area contributed by atoms with Crippen molar-refractivity contribution in [3.8, 4) is 5.75 Å². The molecule has 8 nitrogen and oxygen atoms in total. The quantitative estimate of drug-likeness (QED) is 0.701. The Kier molecular flexibility index (Phi) is 6.73. The molecule has 3 rings (SSSR count). The summed E-state index contributed by atoms with van der Waals surface area (Å²) >= 11 is 0. The van der Waals surface area contributed by atoms with Gasteiger partial charge in [-0.15, -0.1) is 0 Å². The van der Waals surface area contributed by atoms with Crippen LogP contribution in [-0.4, -0.2) is 53.0 Å². The van der Waals surface area contributed by atoms with Gasteiger partial charge < -0.3 is 10.1 Å². The van der Waals surface area contributed by atoms with Gasteiger partial charge in [-0.25, -0.2) is 16.8 Å². The van der Waals surface area contributed by atoms with E-state index < -0.39 is 25.8 Å². The minimum Gasteiger partial charge on any atom is -0.495 e. The summed E-state index contributed by atoms with van der Waals surface area (Å²) in [6.07, 6.45) is 3.56. The molecule has 10 heteroatoms. The summed E-state index contributed by atoms with van der Waals surface area (Å²) < 4.78 is 57.3. The third-order valence-corrected chi connectivity index (χ3v) is 8.48. The molecule has 2 aromatic rings. The summed E-state index contributed by atoms with van der Waals surface area (Å²) in [4.78, 5) is 12.7. The maximum Gasteiger partial charge on any atom is 0.255 e. The maximum absolute atomic E-state index is 13.3. The SMILES string of the molecule is COc1ccc(C(=O)Nc2ccccc2S(C)(=O)=O)cc1S(=O)(=O)N1CCCCC1C. The summed E-state index contributed by atoms with van der Waals surface area (Å²) in [6, 6.07) is 10.0. The van der Waals surface area contributed by atoms with Crippen LogP contribution in [0, 0.1) is 0 Å². The molecule has 1 N–H and O–H groups in total. The number of sulfonamides is 1. The van der Waals surface area contributed by atoms with Crippen molar-refractivity contribution < 1.29 is 26.4 Å². The van der Waals surface area contributed by atoms with E-state index in [-0.39, 0.29) is 32.8 Å². The van der Waals surface area contributed by atoms with E-state index >= 15 is 0 Å². The molecule has 1 atom stereocenters. The molecule has 0 radical (unpaired) electrons. The monoisotopic (exact) mass is 466 g/mol. The van der Waals surface area contributed by atoms with Crippen molar-refractivity contribution in [3.05, 3.63) is 48.0 Å². The minimum atomic E-state index is -3.88. The second kappa shape index (κ2) is 8.97. The number of methoxy groups -OCH3 is 1. The standard InChI is InChI=1S/C21H26N2O6S2/c1-15-8-6-7-13-23(15)31(27,28)20-14-16(11-12-18(20)29-2)21(24)22-17-9-4-5-10-19(17)30(3,25)26/h4-5,9-12,14-15H,6-8,13H2,1-3H3,(H,22,24). The van der Waals surface area contributed by atoms with Crippen molar-refractivity contribution in [1.82, 2.24) is 4.31 Å². The molecule has 0 bridgehead atoms. The number of anilines is 1. The van der Waals surface area contributed by atoms with E-state index in [1.54, 1.807) is 12.1 Å². The molecule has 168 valence electrons. The van der Waals surface area contributed by atoms with Gasteiger partial charge in [0.2, 0.25) is 10.0 Å². The first-order chi connectivity index (χ1) is 14.6. The number of carbonyl (C=O) groups excluding carboxylic acids is 1. The van der Waals surface area contributed by atoms with E-state index in [1.807, 2.05) is 6.92 Å². The third kappa shape index (κ3) is 4.91. The van der Waals surface area contributed by atoms with Crippen LogP contribution in [0.5, 0.6) is 5.75 Å². The van der Waals surface area contributed by atoms with Gasteiger partial charge >= 0.3 is 0 Å². The van der Waals surface area contributed by atoms with Gasteiger partial charge in [0.05, 0.1) is 17.7 Å². The number of nitrogens with zero attached hydrogens (tertiary/aromatic N) is 1. The fraction of sp³-hybridized carbons (Fsp3) is 0.381. The molecule has 31 heavy (non-hydrogen) atoms. The van der Waals surface area contributed by atoms with Crippen LogP contribution < -0.4 is 10.1 Å². The highest BCUT2D eigenvalue weighted by Gasteiger charge is 2.33. The van der Waals surface area contributed by atoms with Gasteiger partial charge in [-0.1, -0.05) is 18.6 Å². The summed E-state index contributed by atoms with van der Waals surface area (Å²) in [5.41, 5.74) is 0.201. The Balaban J connectivity index is 1.99. The fourth-order valence-corrected chi connectivity index (χ4v) is 6.39. The van der Waals surface area contributed by atoms with Crippen LogP contribution in [0.4, 0.5) is 5.69 Å². The zero-order valence-corrected chi connectivity index (χ0v) is 19.3. The van der Waals surface area contributed by atoms with Gasteiger partial charge in [0.15, 0.2) is 9.84 Å². The lowest BCUT2D eigenvalue weighted by Crippen LogP contribution is -2.42. The molecule has 0 saturated carbocycles. The first-order valence-corrected chi connectivity index (χ1v) is 13.2. The van der Waals surface area contributed by atoms with E-state index in [0.717, 1.165) is 25.5 Å². The average molecular weight is 467 g/mol. The molecular weight excluding hydrogens is 440 g/mol. The van der Waals surface area contributed by atoms with Crippen molar-refractivity contribution in [2.75, 3.05) is 25.2 Å². The lowest BCUT2D eigenvalue weighted by Gasteiger charge is -2.32. The number of ether oxygens (including phenoxy) is 1. The highest BCUT2D eigenvalue weighted by molar-refractivity contribution is 7.91. The Hall–Kier alpha value is -2.43. The zero-order valence-electron chi connectivity index (χ0n) is 17.7. The number of rotatable bonds is 6. The molecule has 2 aromatic carbocycles. The van der Waals surface area contributed by atoms with E-state index in [4.69, 9.17) is 4.74 Å². The second-order valence-corrected chi connectivity index (χ2v) is 11.4. The zero-order chi connectivity index (χ0) is 22.8. The van der Waals surface area contributed by atoms with Gasteiger partial charge in [-0.3, -0.25) is 4.79 Å². The minimum absolute atomic E-state index is 0.0214. The number of piperidine rings is 1. The smallest absolute Gasteiger partial charge is 0.255 e. The number of nitrogens with one attached hydrogen (secondary N) is 1. The summed E-state index contributed by atoms with van der Waals surface area (Å²) in [7, 11) is -6.07. The van der Waals surface area contributed by atoms with E-state index in [0.29, 0.717) is 6.54 Å². The number of amides is 1. The molecular formula is C21H26N2O6S2. The van der Waals surface area contributed by atoms with Gasteiger partial charge in [0, 0.05) is 24.4 Å². The number of sulfone groups is 1. The van der Waals surface area contributed by atoms with E-state index in [1.165, 1.54) is 41.7 Å². The maximum atomic E-state index is 13.3. The lowest BCUT2D eigenvalue weighted by molar-refractivity contribution is 0.102. The van der Waals surface area contributed by atoms with Gasteiger partial charge in [-0.05, 0) is 50.1 Å². The largest absolute Gasteiger partial charge is 0.495 e. The predicted molar refractivity (Wildman–Crippen MR) is 118 cm³/mol. The number of hydrogen-bond donors (Lipinski definition) is 1. The summed E-state index contributed by atoms with van der Waals surface area (Å²) in [5, 5.41) is 2.57. The number of para-hydroxylation sites is 1. The highest BCUT2D eigenvalue weighted by atomic mass is 32.2. The van der Waals surface area contributed by atoms with E-state index in [2.05, 4.69) is 5.32 Å². The molecule has 0 aromatic heterocycles. The van der Waals surface area contributed by atoms with Gasteiger partial charge in [0.1, 0.15) is 10.6 Å². The Labute approximate surface area is 183 Å². The van der Waals surface area contributed by atoms with Crippen molar-refractivity contribution >= 4 is 31.5 Å². The Morgan fingerprint density at radius 2 is 1.77 bits per heavy atom. The molecule has 1 saturated heterocycles. The molecule has 0 aliphatic carbocycles. The van der Waals surface area contributed by atoms with Crippen LogP contribution in [-0.2, 0) is 19.9 Å². The number of hydrogen-bond acceptors (Lipinski definition) is 6. The molecule has 1 unspecified atom stereocenters. The van der Waals surface area contributed by atoms with Crippen LogP contribution >= 0.6 is 0 Å². The Morgan fingerprint density at radius 1 is 1.06 bits per heavy atom. The van der Waals surface area contributed by atoms with Crippen LogP contribution in [0.1, 0.15) is 36.5 Å². The Bertz CT molecular complexity index is 1190. The van der Waals surface area contributed by atoms with Crippen molar-refractivity contribution in [2.24, 2.45) is 0 Å². The number of benzene rings is 2. The van der Waals surface area contributed by atoms with Crippen molar-refractivity contribution in [2.45, 2.75) is 42.0 Å². The number of carbonyl (C=O) groups is 1. The molecule has 1 fully saturated rings. The van der Waals surface area contributed by atoms with Crippen LogP contribution in [0.2, 0.25) is 0 Å². The average Bonchev–Trinajstić information content (AvgIpc) is 2.73. The van der Waals surface area contributed by atoms with Gasteiger partial charge in [-0.2, -0.15) is 4.31 Å². The van der Waals surface area contributed by atoms with E-state index in [9.17, 15) is 21.6 Å². The Morgan fingerprint density at radius 3 is 2.42 bits per heavy atom. The summed E-state index contributed by atoms with van der Waals surface area (Å²) in [6.45, 7) is 2.27. The molecule has 1 aliphatic heterocycles. The molecule has 0 spiro atoms. The topological polar surface area (TPSA) is 110 Å². The molecule has 1 aliphatic rings. The molecule has 1 heterocycles. The normalized spacial score (nSPS) is 17.8. The van der Waals surface area contributed by atoms with Crippen molar-refractivity contribution in [3.63, 3.8) is 0 Å². The van der Waals surface area contributed by atoms with Gasteiger partial charge in [0.25, 0.3) is 5.91 Å². The summed E-state index contributed by atoms with van der Waals surface area (Å²) in [5.74, 6) is -0.479. The van der Waals surface area contributed by atoms with Crippen molar-refractivity contribution in [1.29, 1.82) is 0 Å². The predicted octanol–water partition coefficient (Wildman–Crippen LogP) is 2.91. The van der Waals surface area contributed by atoms with Crippen LogP contribution in [0.25, 0.3) is 0 Å². The second-order valence-electron chi connectivity index (χ2n) is 7.55. The fourth-order valence-electron chi connectivity index (χ4n) is 3.66. The molecule has 1 amide bonds. The lowest BCUT2D eigenvalue weighted by atomic mass is 10.1. The first kappa shape index (κ1) is 23.2. The van der Waals surface area contributed by atoms with Crippen LogP contribution in [0.3, 0.4) is 0 Å². The third-order valence-electron chi connectivity index (χ3n) is 5.29.